The van der Waals surface area contributed by atoms with Crippen molar-refractivity contribution in [3.05, 3.63) is 58.9 Å². The molecule has 4 heterocycles. The van der Waals surface area contributed by atoms with Crippen LogP contribution in [0.1, 0.15) is 23.2 Å². The number of aromatic nitrogens is 4. The summed E-state index contributed by atoms with van der Waals surface area (Å²) in [4.78, 5) is 32.3. The summed E-state index contributed by atoms with van der Waals surface area (Å²) >= 11 is 0.611. The third kappa shape index (κ3) is 4.72. The number of hydrogen-bond donors (Lipinski definition) is 1. The largest absolute Gasteiger partial charge is 0.443 e. The number of rotatable bonds is 4. The highest BCUT2D eigenvalue weighted by molar-refractivity contribution is 7.16. The zero-order valence-corrected chi connectivity index (χ0v) is 20.0. The SMILES string of the molecule is Cc1ccc(CC(=O)N2CCN(c3sc(C(F)(F)F)nc3-c3nc4ccccc4[nH]3)CC2C)cn1. The summed E-state index contributed by atoms with van der Waals surface area (Å²) in [6, 6.07) is 10.8. The summed E-state index contributed by atoms with van der Waals surface area (Å²) in [6.45, 7) is 4.98. The first kappa shape index (κ1) is 23.3. The Morgan fingerprint density at radius 3 is 2.66 bits per heavy atom. The van der Waals surface area contributed by atoms with Crippen LogP contribution in [0.5, 0.6) is 0 Å². The molecule has 35 heavy (non-hydrogen) atoms. The van der Waals surface area contributed by atoms with Crippen LogP contribution in [0, 0.1) is 6.92 Å². The van der Waals surface area contributed by atoms with E-state index in [0.29, 0.717) is 47.3 Å². The fourth-order valence-electron chi connectivity index (χ4n) is 4.26. The van der Waals surface area contributed by atoms with Crippen LogP contribution in [-0.4, -0.2) is 56.4 Å². The Morgan fingerprint density at radius 1 is 1.17 bits per heavy atom. The lowest BCUT2D eigenvalue weighted by Crippen LogP contribution is -2.54. The molecule has 0 aliphatic carbocycles. The van der Waals surface area contributed by atoms with Crippen LogP contribution >= 0.6 is 11.3 Å². The van der Waals surface area contributed by atoms with Crippen LogP contribution in [0.3, 0.4) is 0 Å². The van der Waals surface area contributed by atoms with Gasteiger partial charge in [0.25, 0.3) is 0 Å². The molecule has 4 aromatic rings. The fraction of sp³-hybridized carbons (Fsp3) is 0.333. The van der Waals surface area contributed by atoms with Gasteiger partial charge in [-0.25, -0.2) is 9.97 Å². The van der Waals surface area contributed by atoms with Crippen LogP contribution in [0.4, 0.5) is 18.2 Å². The number of carbonyl (C=O) groups excluding carboxylic acids is 1. The number of carbonyl (C=O) groups is 1. The number of halogens is 3. The third-order valence-corrected chi connectivity index (χ3v) is 7.19. The van der Waals surface area contributed by atoms with E-state index < -0.39 is 11.2 Å². The first-order valence-corrected chi connectivity index (χ1v) is 12.0. The average Bonchev–Trinajstić information content (AvgIpc) is 3.45. The number of aryl methyl sites for hydroxylation is 1. The van der Waals surface area contributed by atoms with E-state index in [4.69, 9.17) is 0 Å². The van der Waals surface area contributed by atoms with E-state index in [0.717, 1.165) is 16.8 Å². The summed E-state index contributed by atoms with van der Waals surface area (Å²) in [5.41, 5.74) is 3.27. The molecular weight excluding hydrogens is 477 g/mol. The molecule has 1 saturated heterocycles. The van der Waals surface area contributed by atoms with Crippen LogP contribution in [0.25, 0.3) is 22.6 Å². The third-order valence-electron chi connectivity index (χ3n) is 6.03. The Morgan fingerprint density at radius 2 is 1.97 bits per heavy atom. The van der Waals surface area contributed by atoms with Crippen LogP contribution in [0.2, 0.25) is 0 Å². The molecule has 5 rings (SSSR count). The number of piperazine rings is 1. The normalized spacial score (nSPS) is 16.8. The Labute approximate surface area is 203 Å². The summed E-state index contributed by atoms with van der Waals surface area (Å²) in [7, 11) is 0. The van der Waals surface area contributed by atoms with Crippen molar-refractivity contribution in [1.82, 2.24) is 24.8 Å². The van der Waals surface area contributed by atoms with Gasteiger partial charge >= 0.3 is 6.18 Å². The Hall–Kier alpha value is -3.47. The van der Waals surface area contributed by atoms with Gasteiger partial charge in [-0.2, -0.15) is 13.2 Å². The molecule has 182 valence electrons. The molecule has 3 aromatic heterocycles. The first-order valence-electron chi connectivity index (χ1n) is 11.2. The second-order valence-corrected chi connectivity index (χ2v) is 9.62. The highest BCUT2D eigenvalue weighted by Gasteiger charge is 2.39. The summed E-state index contributed by atoms with van der Waals surface area (Å²) in [5, 5.41) is -0.515. The van der Waals surface area contributed by atoms with Gasteiger partial charge in [-0.15, -0.1) is 0 Å². The van der Waals surface area contributed by atoms with E-state index in [1.54, 1.807) is 17.2 Å². The van der Waals surface area contributed by atoms with E-state index in [1.165, 1.54) is 0 Å². The summed E-state index contributed by atoms with van der Waals surface area (Å²) in [5.74, 6) is 0.270. The molecule has 0 bridgehead atoms. The Balaban J connectivity index is 1.39. The Kier molecular flexibility index (Phi) is 5.96. The quantitative estimate of drug-likeness (QED) is 0.440. The van der Waals surface area contributed by atoms with Gasteiger partial charge in [0.15, 0.2) is 5.82 Å². The maximum Gasteiger partial charge on any atom is 0.443 e. The van der Waals surface area contributed by atoms with Gasteiger partial charge < -0.3 is 14.8 Å². The fourth-order valence-corrected chi connectivity index (χ4v) is 5.23. The number of imidazole rings is 1. The molecule has 1 atom stereocenters. The molecular formula is C24H23F3N6OS. The van der Waals surface area contributed by atoms with E-state index in [2.05, 4.69) is 19.9 Å². The number of hydrogen-bond acceptors (Lipinski definition) is 6. The van der Waals surface area contributed by atoms with Crippen molar-refractivity contribution in [1.29, 1.82) is 0 Å². The number of aromatic amines is 1. The number of alkyl halides is 3. The molecule has 1 N–H and O–H groups in total. The van der Waals surface area contributed by atoms with Crippen molar-refractivity contribution in [3.63, 3.8) is 0 Å². The molecule has 1 aromatic carbocycles. The van der Waals surface area contributed by atoms with Crippen molar-refractivity contribution in [2.45, 2.75) is 32.5 Å². The molecule has 0 saturated carbocycles. The van der Waals surface area contributed by atoms with Gasteiger partial charge in [0, 0.05) is 37.6 Å². The zero-order chi connectivity index (χ0) is 24.7. The minimum atomic E-state index is -4.56. The molecule has 0 radical (unpaired) electrons. The zero-order valence-electron chi connectivity index (χ0n) is 19.1. The first-order chi connectivity index (χ1) is 16.7. The Bertz CT molecular complexity index is 1330. The monoisotopic (exact) mass is 500 g/mol. The second-order valence-electron chi connectivity index (χ2n) is 8.64. The van der Waals surface area contributed by atoms with Gasteiger partial charge in [-0.3, -0.25) is 9.78 Å². The number of anilines is 1. The van der Waals surface area contributed by atoms with Crippen molar-refractivity contribution in [2.24, 2.45) is 0 Å². The lowest BCUT2D eigenvalue weighted by atomic mass is 10.1. The number of fused-ring (bicyclic) bond motifs is 1. The summed E-state index contributed by atoms with van der Waals surface area (Å²) < 4.78 is 40.8. The second kappa shape index (κ2) is 8.95. The molecule has 11 heteroatoms. The van der Waals surface area contributed by atoms with E-state index in [9.17, 15) is 18.0 Å². The number of thiazole rings is 1. The molecule has 1 aliphatic heterocycles. The van der Waals surface area contributed by atoms with Crippen molar-refractivity contribution in [3.8, 4) is 11.5 Å². The lowest BCUT2D eigenvalue weighted by Gasteiger charge is -2.40. The minimum absolute atomic E-state index is 0.0272. The van der Waals surface area contributed by atoms with Gasteiger partial charge in [0.2, 0.25) is 10.9 Å². The number of amides is 1. The van der Waals surface area contributed by atoms with Gasteiger partial charge in [-0.1, -0.05) is 29.5 Å². The number of H-pyrrole nitrogens is 1. The van der Waals surface area contributed by atoms with Crippen LogP contribution in [0.15, 0.2) is 42.6 Å². The van der Waals surface area contributed by atoms with Gasteiger partial charge in [-0.05, 0) is 37.6 Å². The van der Waals surface area contributed by atoms with Crippen molar-refractivity contribution < 1.29 is 18.0 Å². The van der Waals surface area contributed by atoms with Crippen molar-refractivity contribution in [2.75, 3.05) is 24.5 Å². The highest BCUT2D eigenvalue weighted by atomic mass is 32.1. The number of nitrogens with one attached hydrogen (secondary N) is 1. The van der Waals surface area contributed by atoms with Crippen LogP contribution < -0.4 is 4.90 Å². The summed E-state index contributed by atoms with van der Waals surface area (Å²) in [6.07, 6.45) is -2.63. The number of benzene rings is 1. The smallest absolute Gasteiger partial charge is 0.358 e. The maximum atomic E-state index is 13.6. The lowest BCUT2D eigenvalue weighted by molar-refractivity contribution is -0.137. The maximum absolute atomic E-state index is 13.6. The standard InChI is InChI=1S/C24H23F3N6OS/c1-14-7-8-16(12-28-14)11-19(34)33-10-9-32(13-15(33)2)22-20(31-23(35-22)24(25,26)27)21-29-17-5-3-4-6-18(17)30-21/h3-8,12,15H,9-11,13H2,1-2H3,(H,29,30). The number of pyridine rings is 1. The highest BCUT2D eigenvalue weighted by Crippen LogP contribution is 2.42. The predicted molar refractivity (Wildman–Crippen MR) is 128 cm³/mol. The van der Waals surface area contributed by atoms with E-state index in [-0.39, 0.29) is 24.1 Å². The molecule has 0 spiro atoms. The number of para-hydroxylation sites is 2. The topological polar surface area (TPSA) is 78.0 Å². The molecule has 7 nitrogen and oxygen atoms in total. The molecule has 1 unspecified atom stereocenters. The molecule has 1 fully saturated rings. The number of nitrogens with zero attached hydrogens (tertiary/aromatic N) is 5. The molecule has 1 amide bonds. The van der Waals surface area contributed by atoms with E-state index in [1.807, 2.05) is 49.1 Å². The van der Waals surface area contributed by atoms with Gasteiger partial charge in [0.05, 0.1) is 17.5 Å². The minimum Gasteiger partial charge on any atom is -0.358 e. The predicted octanol–water partition coefficient (Wildman–Crippen LogP) is 4.69. The van der Waals surface area contributed by atoms with Crippen molar-refractivity contribution >= 4 is 33.3 Å². The molecule has 1 aliphatic rings. The average molecular weight is 501 g/mol. The van der Waals surface area contributed by atoms with E-state index >= 15 is 0 Å². The van der Waals surface area contributed by atoms with Gasteiger partial charge in [0.1, 0.15) is 10.7 Å². The van der Waals surface area contributed by atoms with Crippen LogP contribution in [-0.2, 0) is 17.4 Å².